The molecule has 0 atom stereocenters. The van der Waals surface area contributed by atoms with E-state index in [0.717, 1.165) is 28.8 Å². The van der Waals surface area contributed by atoms with Gasteiger partial charge in [-0.1, -0.05) is 13.0 Å². The van der Waals surface area contributed by atoms with Crippen molar-refractivity contribution < 1.29 is 9.53 Å². The summed E-state index contributed by atoms with van der Waals surface area (Å²) in [6, 6.07) is 5.48. The summed E-state index contributed by atoms with van der Waals surface area (Å²) in [6.45, 7) is 2.08. The Kier molecular flexibility index (Phi) is 3.47. The highest BCUT2D eigenvalue weighted by atomic mass is 79.9. The average Bonchev–Trinajstić information content (AvgIpc) is 2.66. The molecule has 2 heterocycles. The largest absolute Gasteiger partial charge is 0.464 e. The molecule has 0 N–H and O–H groups in total. The van der Waals surface area contributed by atoms with E-state index in [1.54, 1.807) is 6.07 Å². The number of aryl methyl sites for hydroxylation is 1. The lowest BCUT2D eigenvalue weighted by Gasteiger charge is -2.06. The molecule has 2 aromatic heterocycles. The zero-order chi connectivity index (χ0) is 12.4. The smallest absolute Gasteiger partial charge is 0.355 e. The second-order valence-electron chi connectivity index (χ2n) is 3.69. The van der Waals surface area contributed by atoms with E-state index in [2.05, 4.69) is 27.8 Å². The predicted octanol–water partition coefficient (Wildman–Crippen LogP) is 2.84. The van der Waals surface area contributed by atoms with Crippen LogP contribution in [0.3, 0.4) is 0 Å². The molecule has 0 aliphatic rings. The number of ether oxygens (including phenoxy) is 1. The molecule has 0 saturated heterocycles. The van der Waals surface area contributed by atoms with Crippen molar-refractivity contribution in [3.63, 3.8) is 0 Å². The summed E-state index contributed by atoms with van der Waals surface area (Å²) in [5.41, 5.74) is 1.39. The Labute approximate surface area is 108 Å². The van der Waals surface area contributed by atoms with Crippen LogP contribution in [-0.4, -0.2) is 22.5 Å². The maximum absolute atomic E-state index is 11.7. The van der Waals surface area contributed by atoms with Gasteiger partial charge in [0.2, 0.25) is 0 Å². The topological polar surface area (TPSA) is 43.6 Å². The van der Waals surface area contributed by atoms with Crippen molar-refractivity contribution in [3.05, 3.63) is 34.3 Å². The van der Waals surface area contributed by atoms with Crippen molar-refractivity contribution in [1.82, 2.24) is 9.38 Å². The van der Waals surface area contributed by atoms with Gasteiger partial charge in [0.25, 0.3) is 0 Å². The third-order valence-electron chi connectivity index (χ3n) is 2.55. The first-order valence-electron chi connectivity index (χ1n) is 5.43. The number of esters is 1. The molecular weight excluding hydrogens is 284 g/mol. The predicted molar refractivity (Wildman–Crippen MR) is 68.2 cm³/mol. The number of hydrogen-bond donors (Lipinski definition) is 0. The molecule has 2 rings (SSSR count). The van der Waals surface area contributed by atoms with Crippen molar-refractivity contribution >= 4 is 27.4 Å². The van der Waals surface area contributed by atoms with Crippen molar-refractivity contribution in [2.45, 2.75) is 19.8 Å². The van der Waals surface area contributed by atoms with Gasteiger partial charge < -0.3 is 4.74 Å². The molecule has 0 fully saturated rings. The van der Waals surface area contributed by atoms with Crippen LogP contribution in [0, 0.1) is 0 Å². The van der Waals surface area contributed by atoms with Gasteiger partial charge in [0.15, 0.2) is 0 Å². The molecule has 0 aliphatic carbocycles. The Hall–Kier alpha value is -1.36. The number of carbonyl (C=O) groups excluding carboxylic acids is 1. The van der Waals surface area contributed by atoms with Crippen LogP contribution in [0.15, 0.2) is 22.8 Å². The first kappa shape index (κ1) is 12.1. The van der Waals surface area contributed by atoms with E-state index in [0.29, 0.717) is 5.69 Å². The van der Waals surface area contributed by atoms with Crippen LogP contribution in [-0.2, 0) is 11.2 Å². The van der Waals surface area contributed by atoms with Crippen LogP contribution in [0.1, 0.15) is 29.7 Å². The second-order valence-corrected chi connectivity index (χ2v) is 4.44. The molecule has 5 heteroatoms. The highest BCUT2D eigenvalue weighted by Crippen LogP contribution is 2.22. The Morgan fingerprint density at radius 3 is 2.94 bits per heavy atom. The Bertz CT molecular complexity index is 563. The lowest BCUT2D eigenvalue weighted by atomic mass is 10.3. The number of pyridine rings is 1. The minimum Gasteiger partial charge on any atom is -0.464 e. The van der Waals surface area contributed by atoms with Crippen LogP contribution in [0.4, 0.5) is 0 Å². The average molecular weight is 297 g/mol. The van der Waals surface area contributed by atoms with Crippen molar-refractivity contribution in [1.29, 1.82) is 0 Å². The van der Waals surface area contributed by atoms with Gasteiger partial charge in [-0.2, -0.15) is 0 Å². The number of imidazole rings is 1. The molecule has 4 nitrogen and oxygen atoms in total. The van der Waals surface area contributed by atoms with E-state index < -0.39 is 0 Å². The van der Waals surface area contributed by atoms with Crippen LogP contribution < -0.4 is 0 Å². The Balaban J connectivity index is 2.71. The lowest BCUT2D eigenvalue weighted by molar-refractivity contribution is 0.0592. The third-order valence-corrected chi connectivity index (χ3v) is 3.14. The minimum absolute atomic E-state index is 0.349. The van der Waals surface area contributed by atoms with E-state index in [1.165, 1.54) is 7.11 Å². The van der Waals surface area contributed by atoms with Crippen molar-refractivity contribution in [2.24, 2.45) is 0 Å². The number of fused-ring (bicyclic) bond motifs is 1. The monoisotopic (exact) mass is 296 g/mol. The Morgan fingerprint density at radius 1 is 1.53 bits per heavy atom. The summed E-state index contributed by atoms with van der Waals surface area (Å²) in [6.07, 6.45) is 1.79. The summed E-state index contributed by atoms with van der Waals surface area (Å²) < 4.78 is 7.39. The van der Waals surface area contributed by atoms with Crippen molar-refractivity contribution in [2.75, 3.05) is 7.11 Å². The number of carbonyl (C=O) groups is 1. The lowest BCUT2D eigenvalue weighted by Crippen LogP contribution is -2.09. The summed E-state index contributed by atoms with van der Waals surface area (Å²) in [7, 11) is 1.38. The zero-order valence-corrected chi connectivity index (χ0v) is 11.3. The van der Waals surface area contributed by atoms with Gasteiger partial charge in [-0.05, 0) is 34.5 Å². The summed E-state index contributed by atoms with van der Waals surface area (Å²) in [4.78, 5) is 16.1. The van der Waals surface area contributed by atoms with Gasteiger partial charge in [-0.15, -0.1) is 0 Å². The molecule has 0 unspecified atom stereocenters. The molecule has 90 valence electrons. The van der Waals surface area contributed by atoms with Gasteiger partial charge in [-0.3, -0.25) is 4.40 Å². The maximum Gasteiger partial charge on any atom is 0.355 e. The summed E-state index contributed by atoms with van der Waals surface area (Å²) >= 11 is 3.41. The van der Waals surface area contributed by atoms with E-state index in [-0.39, 0.29) is 5.97 Å². The second kappa shape index (κ2) is 4.87. The number of halogens is 1. The maximum atomic E-state index is 11.7. The normalized spacial score (nSPS) is 10.8. The van der Waals surface area contributed by atoms with Gasteiger partial charge in [0.05, 0.1) is 12.6 Å². The molecule has 0 saturated carbocycles. The standard InChI is InChI=1S/C12H13BrN2O2/c1-3-5-10-14-11(13)8-6-4-7-9(15(8)10)12(16)17-2/h4,6-7H,3,5H2,1-2H3. The van der Waals surface area contributed by atoms with Crippen LogP contribution in [0.2, 0.25) is 0 Å². The van der Waals surface area contributed by atoms with Gasteiger partial charge in [-0.25, -0.2) is 9.78 Å². The van der Waals surface area contributed by atoms with E-state index in [4.69, 9.17) is 4.74 Å². The number of rotatable bonds is 3. The van der Waals surface area contributed by atoms with Crippen molar-refractivity contribution in [3.8, 4) is 0 Å². The number of nitrogens with zero attached hydrogens (tertiary/aromatic N) is 2. The van der Waals surface area contributed by atoms with Crippen LogP contribution in [0.25, 0.3) is 5.52 Å². The molecule has 2 aromatic rings. The molecule has 17 heavy (non-hydrogen) atoms. The fourth-order valence-corrected chi connectivity index (χ4v) is 2.34. The molecule has 0 amide bonds. The minimum atomic E-state index is -0.349. The van der Waals surface area contributed by atoms with E-state index >= 15 is 0 Å². The zero-order valence-electron chi connectivity index (χ0n) is 9.74. The van der Waals surface area contributed by atoms with Crippen LogP contribution >= 0.6 is 15.9 Å². The highest BCUT2D eigenvalue weighted by Gasteiger charge is 2.16. The fourth-order valence-electron chi connectivity index (χ4n) is 1.82. The SMILES string of the molecule is CCCc1nc(Br)c2cccc(C(=O)OC)n12. The van der Waals surface area contributed by atoms with Gasteiger partial charge in [0.1, 0.15) is 16.1 Å². The molecule has 0 bridgehead atoms. The summed E-state index contributed by atoms with van der Waals surface area (Å²) in [5.74, 6) is 0.522. The fraction of sp³-hybridized carbons (Fsp3) is 0.333. The molecule has 0 aromatic carbocycles. The Morgan fingerprint density at radius 2 is 2.29 bits per heavy atom. The third kappa shape index (κ3) is 2.07. The molecule has 0 aliphatic heterocycles. The van der Waals surface area contributed by atoms with Crippen LogP contribution in [0.5, 0.6) is 0 Å². The quantitative estimate of drug-likeness (QED) is 0.818. The number of hydrogen-bond acceptors (Lipinski definition) is 3. The molecule has 0 spiro atoms. The highest BCUT2D eigenvalue weighted by molar-refractivity contribution is 9.10. The van der Waals surface area contributed by atoms with Gasteiger partial charge in [0, 0.05) is 6.42 Å². The molecular formula is C12H13BrN2O2. The number of methoxy groups -OCH3 is 1. The van der Waals surface area contributed by atoms with E-state index in [9.17, 15) is 4.79 Å². The number of aromatic nitrogens is 2. The van der Waals surface area contributed by atoms with E-state index in [1.807, 2.05) is 16.5 Å². The summed E-state index contributed by atoms with van der Waals surface area (Å²) in [5, 5.41) is 0. The van der Waals surface area contributed by atoms with Gasteiger partial charge >= 0.3 is 5.97 Å². The first-order chi connectivity index (χ1) is 8.19. The molecule has 0 radical (unpaired) electrons. The first-order valence-corrected chi connectivity index (χ1v) is 6.22.